The highest BCUT2D eigenvalue weighted by molar-refractivity contribution is 6.62. The molecule has 0 bridgehead atoms. The Labute approximate surface area is 103 Å². The van der Waals surface area contributed by atoms with E-state index in [0.29, 0.717) is 0 Å². The third kappa shape index (κ3) is 4.98. The van der Waals surface area contributed by atoms with Gasteiger partial charge in [0.25, 0.3) is 0 Å². The minimum atomic E-state index is -1.02. The van der Waals surface area contributed by atoms with Gasteiger partial charge in [0, 0.05) is 13.2 Å². The molecule has 0 N–H and O–H groups in total. The van der Waals surface area contributed by atoms with E-state index in [4.69, 9.17) is 9.47 Å². The van der Waals surface area contributed by atoms with Crippen LogP contribution in [0.25, 0.3) is 0 Å². The normalized spacial score (nSPS) is 17.4. The lowest BCUT2D eigenvalue weighted by molar-refractivity contribution is -0.0872. The zero-order valence-electron chi connectivity index (χ0n) is 12.0. The number of ether oxygens (including phenoxy) is 2. The second-order valence-corrected chi connectivity index (χ2v) is 8.60. The van der Waals surface area contributed by atoms with Gasteiger partial charge in [-0.2, -0.15) is 0 Å². The summed E-state index contributed by atoms with van der Waals surface area (Å²) in [4.78, 5) is 0. The highest BCUT2D eigenvalue weighted by Crippen LogP contribution is 2.30. The molecule has 2 unspecified atom stereocenters. The minimum Gasteiger partial charge on any atom is -0.357 e. The Morgan fingerprint density at radius 3 is 1.44 bits per heavy atom. The van der Waals surface area contributed by atoms with Crippen LogP contribution in [0.1, 0.15) is 54.4 Å². The molecule has 0 aromatic rings. The van der Waals surface area contributed by atoms with Crippen LogP contribution in [-0.4, -0.2) is 27.9 Å². The van der Waals surface area contributed by atoms with E-state index in [1.165, 1.54) is 12.8 Å². The van der Waals surface area contributed by atoms with Crippen LogP contribution in [-0.2, 0) is 9.47 Å². The van der Waals surface area contributed by atoms with Crippen molar-refractivity contribution in [1.29, 1.82) is 0 Å². The molecule has 0 aromatic heterocycles. The number of rotatable bonds is 9. The molecule has 2 atom stereocenters. The van der Waals surface area contributed by atoms with Gasteiger partial charge in [0.1, 0.15) is 14.7 Å². The second-order valence-electron chi connectivity index (χ2n) is 4.63. The van der Waals surface area contributed by atoms with Crippen LogP contribution in [0.5, 0.6) is 0 Å². The molecule has 2 nitrogen and oxygen atoms in total. The van der Waals surface area contributed by atoms with Crippen molar-refractivity contribution >= 4 is 8.80 Å². The van der Waals surface area contributed by atoms with E-state index >= 15 is 0 Å². The standard InChI is InChI=1S/C13H30O2Si/c1-7-11(5)16(12(6)8-2)13(14-9-3)15-10-4/h11-13,16H,7-10H2,1-6H3. The molecule has 98 valence electrons. The first kappa shape index (κ1) is 16.1. The molecule has 0 fully saturated rings. The predicted octanol–water partition coefficient (Wildman–Crippen LogP) is 3.75. The molecule has 0 rings (SSSR count). The summed E-state index contributed by atoms with van der Waals surface area (Å²) < 4.78 is 11.7. The fraction of sp³-hybridized carbons (Fsp3) is 1.00. The van der Waals surface area contributed by atoms with Crippen molar-refractivity contribution in [2.24, 2.45) is 0 Å². The van der Waals surface area contributed by atoms with E-state index in [1.54, 1.807) is 0 Å². The van der Waals surface area contributed by atoms with Crippen molar-refractivity contribution in [3.8, 4) is 0 Å². The zero-order chi connectivity index (χ0) is 12.6. The van der Waals surface area contributed by atoms with Gasteiger partial charge in [-0.25, -0.2) is 0 Å². The van der Waals surface area contributed by atoms with Crippen molar-refractivity contribution < 1.29 is 9.47 Å². The van der Waals surface area contributed by atoms with E-state index < -0.39 is 8.80 Å². The van der Waals surface area contributed by atoms with Crippen LogP contribution < -0.4 is 0 Å². The van der Waals surface area contributed by atoms with Crippen LogP contribution >= 0.6 is 0 Å². The van der Waals surface area contributed by atoms with Crippen molar-refractivity contribution in [3.63, 3.8) is 0 Å². The molecular weight excluding hydrogens is 216 g/mol. The van der Waals surface area contributed by atoms with E-state index in [0.717, 1.165) is 24.3 Å². The Bertz CT molecular complexity index is 148. The maximum Gasteiger partial charge on any atom is 0.138 e. The lowest BCUT2D eigenvalue weighted by atomic mass is 10.3. The summed E-state index contributed by atoms with van der Waals surface area (Å²) in [5.74, 6) is 0.111. The fourth-order valence-corrected chi connectivity index (χ4v) is 6.35. The molecule has 0 spiro atoms. The smallest absolute Gasteiger partial charge is 0.138 e. The summed E-state index contributed by atoms with van der Waals surface area (Å²) in [6, 6.07) is 0. The van der Waals surface area contributed by atoms with Crippen molar-refractivity contribution in [1.82, 2.24) is 0 Å². The van der Waals surface area contributed by atoms with E-state index in [-0.39, 0.29) is 5.91 Å². The van der Waals surface area contributed by atoms with Crippen molar-refractivity contribution in [3.05, 3.63) is 0 Å². The molecule has 3 heteroatoms. The second kappa shape index (κ2) is 9.20. The van der Waals surface area contributed by atoms with E-state index in [9.17, 15) is 0 Å². The molecule has 0 aliphatic rings. The summed E-state index contributed by atoms with van der Waals surface area (Å²) in [7, 11) is -1.02. The quantitative estimate of drug-likeness (QED) is 0.456. The maximum absolute atomic E-state index is 5.83. The first-order valence-electron chi connectivity index (χ1n) is 6.85. The average Bonchev–Trinajstić information content (AvgIpc) is 2.29. The van der Waals surface area contributed by atoms with E-state index in [1.807, 2.05) is 0 Å². The molecule has 0 saturated carbocycles. The molecular formula is C13H30O2Si. The third-order valence-corrected chi connectivity index (χ3v) is 8.16. The van der Waals surface area contributed by atoms with Crippen LogP contribution in [0.4, 0.5) is 0 Å². The van der Waals surface area contributed by atoms with Crippen molar-refractivity contribution in [2.75, 3.05) is 13.2 Å². The largest absolute Gasteiger partial charge is 0.357 e. The Balaban J connectivity index is 4.65. The molecule has 0 radical (unpaired) electrons. The van der Waals surface area contributed by atoms with Gasteiger partial charge in [-0.3, -0.25) is 0 Å². The van der Waals surface area contributed by atoms with Crippen LogP contribution in [0.2, 0.25) is 11.1 Å². The number of hydrogen-bond donors (Lipinski definition) is 0. The zero-order valence-corrected chi connectivity index (χ0v) is 13.1. The molecule has 0 aliphatic heterocycles. The summed E-state index contributed by atoms with van der Waals surface area (Å²) in [6.45, 7) is 14.9. The Kier molecular flexibility index (Phi) is 9.28. The Hall–Kier alpha value is 0.137. The average molecular weight is 246 g/mol. The molecule has 0 aliphatic carbocycles. The summed E-state index contributed by atoms with van der Waals surface area (Å²) in [5, 5.41) is 0. The Morgan fingerprint density at radius 2 is 1.19 bits per heavy atom. The van der Waals surface area contributed by atoms with Gasteiger partial charge < -0.3 is 9.47 Å². The van der Waals surface area contributed by atoms with Crippen molar-refractivity contribution in [2.45, 2.75) is 71.4 Å². The minimum absolute atomic E-state index is 0.111. The molecule has 0 amide bonds. The van der Waals surface area contributed by atoms with Gasteiger partial charge in [-0.1, -0.05) is 40.5 Å². The first-order valence-corrected chi connectivity index (χ1v) is 8.85. The predicted molar refractivity (Wildman–Crippen MR) is 73.6 cm³/mol. The first-order chi connectivity index (χ1) is 7.62. The molecule has 16 heavy (non-hydrogen) atoms. The van der Waals surface area contributed by atoms with Crippen LogP contribution in [0.3, 0.4) is 0 Å². The van der Waals surface area contributed by atoms with Crippen LogP contribution in [0, 0.1) is 0 Å². The van der Waals surface area contributed by atoms with E-state index in [2.05, 4.69) is 41.5 Å². The molecule has 0 heterocycles. The molecule has 0 aromatic carbocycles. The van der Waals surface area contributed by atoms with Crippen LogP contribution in [0.15, 0.2) is 0 Å². The van der Waals surface area contributed by atoms with Gasteiger partial charge in [0.15, 0.2) is 0 Å². The maximum atomic E-state index is 5.83. The van der Waals surface area contributed by atoms with Gasteiger partial charge in [0.2, 0.25) is 0 Å². The van der Waals surface area contributed by atoms with Gasteiger partial charge in [0.05, 0.1) is 0 Å². The third-order valence-electron chi connectivity index (χ3n) is 3.58. The monoisotopic (exact) mass is 246 g/mol. The Morgan fingerprint density at radius 1 is 0.812 bits per heavy atom. The summed E-state index contributed by atoms with van der Waals surface area (Å²) in [5.41, 5.74) is 1.58. The highest BCUT2D eigenvalue weighted by Gasteiger charge is 2.32. The lowest BCUT2D eigenvalue weighted by Crippen LogP contribution is -2.41. The van der Waals surface area contributed by atoms with Gasteiger partial charge >= 0.3 is 0 Å². The molecule has 0 saturated heterocycles. The lowest BCUT2D eigenvalue weighted by Gasteiger charge is -2.33. The number of hydrogen-bond acceptors (Lipinski definition) is 2. The fourth-order valence-electron chi connectivity index (χ4n) is 2.24. The topological polar surface area (TPSA) is 18.5 Å². The van der Waals surface area contributed by atoms with Gasteiger partial charge in [-0.15, -0.1) is 0 Å². The SMILES string of the molecule is CCOC(OCC)[SiH](C(C)CC)C(C)CC. The highest BCUT2D eigenvalue weighted by atomic mass is 28.3. The summed E-state index contributed by atoms with van der Waals surface area (Å²) >= 11 is 0. The summed E-state index contributed by atoms with van der Waals surface area (Å²) in [6.07, 6.45) is 2.50. The van der Waals surface area contributed by atoms with Gasteiger partial charge in [-0.05, 0) is 24.9 Å².